The number of pyridine rings is 1. The number of piperidine rings is 1. The number of hydrogen-bond acceptors (Lipinski definition) is 6. The maximum Gasteiger partial charge on any atom is 0.146 e. The van der Waals surface area contributed by atoms with Crippen molar-refractivity contribution in [2.45, 2.75) is 31.8 Å². The highest BCUT2D eigenvalue weighted by Crippen LogP contribution is 2.33. The first kappa shape index (κ1) is 18.2. The first-order valence-electron chi connectivity index (χ1n) is 10.1. The molecule has 0 bridgehead atoms. The van der Waals surface area contributed by atoms with Crippen molar-refractivity contribution in [3.05, 3.63) is 35.9 Å². The number of aromatic nitrogens is 4. The van der Waals surface area contributed by atoms with E-state index >= 15 is 0 Å². The molecule has 3 aromatic heterocycles. The third-order valence-electron chi connectivity index (χ3n) is 6.30. The molecule has 0 unspecified atom stereocenters. The third-order valence-corrected chi connectivity index (χ3v) is 6.30. The largest absolute Gasteiger partial charge is 0.494 e. The fraction of sp³-hybridized carbons (Fsp3) is 0.476. The molecule has 0 aliphatic carbocycles. The maximum absolute atomic E-state index is 9.31. The van der Waals surface area contributed by atoms with Crippen LogP contribution in [-0.4, -0.2) is 63.6 Å². The van der Waals surface area contributed by atoms with Gasteiger partial charge < -0.3 is 10.1 Å². The van der Waals surface area contributed by atoms with Crippen LogP contribution >= 0.6 is 0 Å². The van der Waals surface area contributed by atoms with E-state index < -0.39 is 0 Å². The van der Waals surface area contributed by atoms with Gasteiger partial charge in [0.2, 0.25) is 0 Å². The molecule has 1 N–H and O–H groups in total. The Kier molecular flexibility index (Phi) is 4.49. The Morgan fingerprint density at radius 2 is 2.10 bits per heavy atom. The Morgan fingerprint density at radius 3 is 2.83 bits per heavy atom. The van der Waals surface area contributed by atoms with Gasteiger partial charge in [0.25, 0.3) is 0 Å². The molecule has 2 saturated heterocycles. The van der Waals surface area contributed by atoms with E-state index in [4.69, 9.17) is 9.84 Å². The number of nitrogens with zero attached hydrogens (tertiary/aromatic N) is 6. The van der Waals surface area contributed by atoms with Crippen LogP contribution < -0.4 is 10.1 Å². The molecule has 0 radical (unpaired) electrons. The van der Waals surface area contributed by atoms with Gasteiger partial charge in [-0.05, 0) is 32.4 Å². The minimum Gasteiger partial charge on any atom is -0.494 e. The van der Waals surface area contributed by atoms with Gasteiger partial charge in [0.05, 0.1) is 25.5 Å². The van der Waals surface area contributed by atoms with Gasteiger partial charge in [-0.15, -0.1) is 0 Å². The van der Waals surface area contributed by atoms with E-state index in [2.05, 4.69) is 33.0 Å². The quantitative estimate of drug-likeness (QED) is 0.732. The van der Waals surface area contributed by atoms with Gasteiger partial charge in [-0.2, -0.15) is 15.5 Å². The van der Waals surface area contributed by atoms with Crippen molar-refractivity contribution >= 4 is 5.52 Å². The van der Waals surface area contributed by atoms with Crippen LogP contribution in [0.4, 0.5) is 0 Å². The van der Waals surface area contributed by atoms with Crippen LogP contribution in [0, 0.1) is 18.3 Å². The van der Waals surface area contributed by atoms with Crippen LogP contribution in [0.1, 0.15) is 30.1 Å². The van der Waals surface area contributed by atoms with Crippen LogP contribution in [0.15, 0.2) is 24.7 Å². The molecule has 2 aliphatic rings. The molecule has 3 aromatic rings. The molecule has 2 fully saturated rings. The Morgan fingerprint density at radius 1 is 1.24 bits per heavy atom. The molecule has 0 spiro atoms. The molecular formula is C21H25N7O. The molecular weight excluding hydrogens is 366 g/mol. The van der Waals surface area contributed by atoms with E-state index in [9.17, 15) is 5.26 Å². The monoisotopic (exact) mass is 391 g/mol. The first-order valence-corrected chi connectivity index (χ1v) is 10.1. The molecule has 1 atom stereocenters. The van der Waals surface area contributed by atoms with Crippen LogP contribution in [0.2, 0.25) is 0 Å². The van der Waals surface area contributed by atoms with Crippen molar-refractivity contribution in [1.82, 2.24) is 29.6 Å². The SMILES string of the molecule is COc1cc(-c2cnn(C3CN([C@@H]4CCCNC4)C3)c2C)cn2ncc(C#N)c12. The fourth-order valence-electron chi connectivity index (χ4n) is 4.63. The fourth-order valence-corrected chi connectivity index (χ4v) is 4.63. The summed E-state index contributed by atoms with van der Waals surface area (Å²) in [6.07, 6.45) is 7.99. The maximum atomic E-state index is 9.31. The predicted octanol–water partition coefficient (Wildman–Crippen LogP) is 2.00. The van der Waals surface area contributed by atoms with Gasteiger partial charge >= 0.3 is 0 Å². The average Bonchev–Trinajstić information content (AvgIpc) is 3.30. The molecule has 0 amide bonds. The lowest BCUT2D eigenvalue weighted by Gasteiger charge is -2.46. The Hall–Kier alpha value is -2.89. The number of ether oxygens (including phenoxy) is 1. The van der Waals surface area contributed by atoms with E-state index in [1.165, 1.54) is 12.8 Å². The second kappa shape index (κ2) is 7.17. The van der Waals surface area contributed by atoms with Crippen molar-refractivity contribution in [3.8, 4) is 22.9 Å². The van der Waals surface area contributed by atoms with E-state index in [-0.39, 0.29) is 0 Å². The molecule has 29 heavy (non-hydrogen) atoms. The highest BCUT2D eigenvalue weighted by atomic mass is 16.5. The van der Waals surface area contributed by atoms with Gasteiger partial charge in [-0.3, -0.25) is 9.58 Å². The molecule has 2 aliphatic heterocycles. The summed E-state index contributed by atoms with van der Waals surface area (Å²) in [6.45, 7) is 6.48. The molecule has 0 aromatic carbocycles. The van der Waals surface area contributed by atoms with Crippen molar-refractivity contribution in [2.75, 3.05) is 33.3 Å². The number of nitriles is 1. The minimum atomic E-state index is 0.422. The van der Waals surface area contributed by atoms with Gasteiger partial charge in [-0.1, -0.05) is 0 Å². The van der Waals surface area contributed by atoms with E-state index in [1.807, 2.05) is 18.5 Å². The molecule has 5 heterocycles. The smallest absolute Gasteiger partial charge is 0.146 e. The van der Waals surface area contributed by atoms with E-state index in [0.29, 0.717) is 28.9 Å². The van der Waals surface area contributed by atoms with Gasteiger partial charge in [0.15, 0.2) is 0 Å². The molecule has 8 nitrogen and oxygen atoms in total. The molecule has 5 rings (SSSR count). The molecule has 8 heteroatoms. The van der Waals surface area contributed by atoms with Crippen molar-refractivity contribution in [2.24, 2.45) is 0 Å². The highest BCUT2D eigenvalue weighted by Gasteiger charge is 2.35. The second-order valence-electron chi connectivity index (χ2n) is 7.96. The number of likely N-dealkylation sites (tertiary alicyclic amines) is 1. The van der Waals surface area contributed by atoms with Gasteiger partial charge in [0.1, 0.15) is 22.9 Å². The number of rotatable bonds is 4. The zero-order chi connectivity index (χ0) is 20.0. The summed E-state index contributed by atoms with van der Waals surface area (Å²) in [4.78, 5) is 2.57. The topological polar surface area (TPSA) is 83.4 Å². The summed E-state index contributed by atoms with van der Waals surface area (Å²) in [6, 6.07) is 5.22. The summed E-state index contributed by atoms with van der Waals surface area (Å²) in [5.74, 6) is 0.642. The number of nitrogens with one attached hydrogen (secondary N) is 1. The lowest BCUT2D eigenvalue weighted by molar-refractivity contribution is 0.0408. The van der Waals surface area contributed by atoms with Gasteiger partial charge in [0, 0.05) is 48.7 Å². The standard InChI is InChI=1S/C21H25N7O/c1-14-19(15-6-20(29-2)21-16(7-22)8-24-27(21)11-15)10-25-28(14)18-12-26(13-18)17-4-3-5-23-9-17/h6,8,10-11,17-18,23H,3-5,9,12-13H2,1-2H3/t17-/m1/s1. The zero-order valence-corrected chi connectivity index (χ0v) is 16.8. The van der Waals surface area contributed by atoms with Gasteiger partial charge in [-0.25, -0.2) is 4.52 Å². The number of hydrogen-bond donors (Lipinski definition) is 1. The Labute approximate surface area is 169 Å². The summed E-state index contributed by atoms with van der Waals surface area (Å²) in [7, 11) is 1.62. The Bertz CT molecular complexity index is 1080. The zero-order valence-electron chi connectivity index (χ0n) is 16.8. The summed E-state index contributed by atoms with van der Waals surface area (Å²) in [5.41, 5.74) is 4.40. The first-order chi connectivity index (χ1) is 14.2. The van der Waals surface area contributed by atoms with Crippen molar-refractivity contribution in [3.63, 3.8) is 0 Å². The second-order valence-corrected chi connectivity index (χ2v) is 7.96. The molecule has 150 valence electrons. The summed E-state index contributed by atoms with van der Waals surface area (Å²) >= 11 is 0. The third kappa shape index (κ3) is 2.98. The van der Waals surface area contributed by atoms with Crippen LogP contribution in [-0.2, 0) is 0 Å². The van der Waals surface area contributed by atoms with Crippen LogP contribution in [0.25, 0.3) is 16.6 Å². The normalized spacial score (nSPS) is 20.5. The minimum absolute atomic E-state index is 0.422. The average molecular weight is 391 g/mol. The lowest BCUT2D eigenvalue weighted by atomic mass is 9.99. The van der Waals surface area contributed by atoms with Crippen molar-refractivity contribution < 1.29 is 4.74 Å². The predicted molar refractivity (Wildman–Crippen MR) is 109 cm³/mol. The number of fused-ring (bicyclic) bond motifs is 1. The van der Waals surface area contributed by atoms with E-state index in [0.717, 1.165) is 43.0 Å². The van der Waals surface area contributed by atoms with Crippen LogP contribution in [0.5, 0.6) is 5.75 Å². The van der Waals surface area contributed by atoms with Crippen LogP contribution in [0.3, 0.4) is 0 Å². The molecule has 0 saturated carbocycles. The number of methoxy groups -OCH3 is 1. The summed E-state index contributed by atoms with van der Waals surface area (Å²) < 4.78 is 9.41. The Balaban J connectivity index is 1.41. The lowest BCUT2D eigenvalue weighted by Crippen LogP contribution is -2.57. The van der Waals surface area contributed by atoms with E-state index in [1.54, 1.807) is 17.8 Å². The van der Waals surface area contributed by atoms with Crippen molar-refractivity contribution in [1.29, 1.82) is 5.26 Å². The highest BCUT2D eigenvalue weighted by molar-refractivity contribution is 5.75. The summed E-state index contributed by atoms with van der Waals surface area (Å²) in [5, 5.41) is 21.8.